The molecule has 0 aliphatic rings. The highest BCUT2D eigenvalue weighted by molar-refractivity contribution is 9.10. The minimum Gasteiger partial charge on any atom is -0.278 e. The van der Waals surface area contributed by atoms with Gasteiger partial charge in [-0.1, -0.05) is 23.7 Å². The average Bonchev–Trinajstić information content (AvgIpc) is 2.36. The maximum Gasteiger partial charge on any atom is 0.262 e. The van der Waals surface area contributed by atoms with Crippen LogP contribution in [0.3, 0.4) is 0 Å². The summed E-state index contributed by atoms with van der Waals surface area (Å²) in [5.74, 6) is 0. The van der Waals surface area contributed by atoms with Gasteiger partial charge >= 0.3 is 0 Å². The Balaban J connectivity index is 2.46. The van der Waals surface area contributed by atoms with Gasteiger partial charge in [0.2, 0.25) is 0 Å². The average molecular weight is 375 g/mol. The van der Waals surface area contributed by atoms with E-state index < -0.39 is 10.0 Å². The lowest BCUT2D eigenvalue weighted by Crippen LogP contribution is -2.14. The Morgan fingerprint density at radius 3 is 2.50 bits per heavy atom. The van der Waals surface area contributed by atoms with Crippen LogP contribution in [-0.4, -0.2) is 8.42 Å². The first-order chi connectivity index (χ1) is 9.29. The second-order valence-electron chi connectivity index (χ2n) is 4.50. The van der Waals surface area contributed by atoms with Crippen molar-refractivity contribution in [3.63, 3.8) is 0 Å². The third kappa shape index (κ3) is 3.34. The number of hydrogen-bond acceptors (Lipinski definition) is 2. The second kappa shape index (κ2) is 5.76. The molecule has 0 unspecified atom stereocenters. The van der Waals surface area contributed by atoms with Crippen LogP contribution in [0.2, 0.25) is 5.02 Å². The molecule has 0 aromatic heterocycles. The summed E-state index contributed by atoms with van der Waals surface area (Å²) in [4.78, 5) is 0.268. The van der Waals surface area contributed by atoms with Crippen LogP contribution in [0.5, 0.6) is 0 Å². The van der Waals surface area contributed by atoms with Crippen molar-refractivity contribution in [2.24, 2.45) is 0 Å². The molecule has 2 aromatic rings. The molecule has 6 heteroatoms. The molecule has 0 bridgehead atoms. The van der Waals surface area contributed by atoms with Crippen molar-refractivity contribution in [1.82, 2.24) is 0 Å². The summed E-state index contributed by atoms with van der Waals surface area (Å²) in [6.07, 6.45) is 0. The van der Waals surface area contributed by atoms with Crippen LogP contribution in [0.4, 0.5) is 5.69 Å². The Bertz CT molecular complexity index is 760. The molecule has 0 fully saturated rings. The van der Waals surface area contributed by atoms with E-state index in [1.54, 1.807) is 37.3 Å². The number of halogens is 2. The van der Waals surface area contributed by atoms with Crippen molar-refractivity contribution in [3.05, 3.63) is 57.0 Å². The summed E-state index contributed by atoms with van der Waals surface area (Å²) in [6.45, 7) is 3.62. The molecule has 0 radical (unpaired) electrons. The van der Waals surface area contributed by atoms with Gasteiger partial charge in [-0.05, 0) is 65.2 Å². The lowest BCUT2D eigenvalue weighted by Gasteiger charge is -2.12. The highest BCUT2D eigenvalue weighted by atomic mass is 79.9. The number of sulfonamides is 1. The SMILES string of the molecule is Cc1ccc(C)c(S(=O)(=O)Nc2cc(Cl)ccc2Br)c1. The Morgan fingerprint density at radius 1 is 1.10 bits per heavy atom. The van der Waals surface area contributed by atoms with Crippen LogP contribution < -0.4 is 4.72 Å². The van der Waals surface area contributed by atoms with Crippen LogP contribution >= 0.6 is 27.5 Å². The van der Waals surface area contributed by atoms with Crippen molar-refractivity contribution in [3.8, 4) is 0 Å². The first kappa shape index (κ1) is 15.4. The first-order valence-electron chi connectivity index (χ1n) is 5.85. The molecule has 3 nitrogen and oxygen atoms in total. The molecule has 0 aliphatic carbocycles. The Labute approximate surface area is 132 Å². The predicted molar refractivity (Wildman–Crippen MR) is 85.9 cm³/mol. The number of benzene rings is 2. The molecule has 1 N–H and O–H groups in total. The van der Waals surface area contributed by atoms with Crippen molar-refractivity contribution in [2.45, 2.75) is 18.7 Å². The van der Waals surface area contributed by atoms with Gasteiger partial charge in [-0.25, -0.2) is 8.42 Å². The first-order valence-corrected chi connectivity index (χ1v) is 8.50. The second-order valence-corrected chi connectivity index (χ2v) is 7.44. The monoisotopic (exact) mass is 373 g/mol. The topological polar surface area (TPSA) is 46.2 Å². The quantitative estimate of drug-likeness (QED) is 0.858. The summed E-state index contributed by atoms with van der Waals surface area (Å²) in [7, 11) is -3.64. The van der Waals surface area contributed by atoms with E-state index in [1.807, 2.05) is 13.0 Å². The molecule has 0 amide bonds. The predicted octanol–water partition coefficient (Wildman–Crippen LogP) is 4.52. The van der Waals surface area contributed by atoms with Gasteiger partial charge in [0, 0.05) is 9.50 Å². The van der Waals surface area contributed by atoms with Gasteiger partial charge in [-0.15, -0.1) is 0 Å². The third-order valence-electron chi connectivity index (χ3n) is 2.81. The van der Waals surface area contributed by atoms with E-state index in [9.17, 15) is 8.42 Å². The molecule has 0 saturated heterocycles. The molecular weight excluding hydrogens is 362 g/mol. The highest BCUT2D eigenvalue weighted by Gasteiger charge is 2.18. The van der Waals surface area contributed by atoms with Gasteiger partial charge in [0.05, 0.1) is 10.6 Å². The maximum absolute atomic E-state index is 12.5. The Hall–Kier alpha value is -1.04. The molecule has 2 rings (SSSR count). The normalized spacial score (nSPS) is 11.4. The van der Waals surface area contributed by atoms with Gasteiger partial charge in [0.15, 0.2) is 0 Å². The van der Waals surface area contributed by atoms with E-state index in [0.29, 0.717) is 20.7 Å². The molecule has 0 atom stereocenters. The fraction of sp³-hybridized carbons (Fsp3) is 0.143. The van der Waals surface area contributed by atoms with Crippen LogP contribution in [0, 0.1) is 13.8 Å². The summed E-state index contributed by atoms with van der Waals surface area (Å²) in [5, 5.41) is 0.465. The van der Waals surface area contributed by atoms with Crippen molar-refractivity contribution >= 4 is 43.2 Å². The highest BCUT2D eigenvalue weighted by Crippen LogP contribution is 2.29. The zero-order chi connectivity index (χ0) is 14.9. The molecular formula is C14H13BrClNO2S. The number of rotatable bonds is 3. The Morgan fingerprint density at radius 2 is 1.80 bits per heavy atom. The van der Waals surface area contributed by atoms with Gasteiger partial charge < -0.3 is 0 Å². The smallest absolute Gasteiger partial charge is 0.262 e. The standard InChI is InChI=1S/C14H13BrClNO2S/c1-9-3-4-10(2)14(7-9)20(18,19)17-13-8-11(16)5-6-12(13)15/h3-8,17H,1-2H3. The van der Waals surface area contributed by atoms with E-state index in [0.717, 1.165) is 5.56 Å². The summed E-state index contributed by atoms with van der Waals surface area (Å²) in [6, 6.07) is 10.3. The minimum absolute atomic E-state index is 0.268. The third-order valence-corrected chi connectivity index (χ3v) is 5.24. The van der Waals surface area contributed by atoms with Crippen molar-refractivity contribution < 1.29 is 8.42 Å². The fourth-order valence-corrected chi connectivity index (χ4v) is 3.82. The van der Waals surface area contributed by atoms with Crippen LogP contribution in [0.15, 0.2) is 45.8 Å². The fourth-order valence-electron chi connectivity index (χ4n) is 1.77. The van der Waals surface area contributed by atoms with E-state index in [1.165, 1.54) is 0 Å². The molecule has 0 aliphatic heterocycles. The number of aryl methyl sites for hydroxylation is 2. The largest absolute Gasteiger partial charge is 0.278 e. The van der Waals surface area contributed by atoms with Crippen LogP contribution in [-0.2, 0) is 10.0 Å². The molecule has 2 aromatic carbocycles. The molecule has 0 saturated carbocycles. The van der Waals surface area contributed by atoms with E-state index in [4.69, 9.17) is 11.6 Å². The molecule has 0 spiro atoms. The van der Waals surface area contributed by atoms with Gasteiger partial charge in [-0.3, -0.25) is 4.72 Å². The lowest BCUT2D eigenvalue weighted by molar-refractivity contribution is 0.600. The van der Waals surface area contributed by atoms with Gasteiger partial charge in [0.25, 0.3) is 10.0 Å². The number of anilines is 1. The van der Waals surface area contributed by atoms with Gasteiger partial charge in [0.1, 0.15) is 0 Å². The minimum atomic E-state index is -3.64. The number of hydrogen-bond donors (Lipinski definition) is 1. The summed E-state index contributed by atoms with van der Waals surface area (Å²) < 4.78 is 28.1. The number of nitrogens with one attached hydrogen (secondary N) is 1. The molecule has 0 heterocycles. The van der Waals surface area contributed by atoms with E-state index >= 15 is 0 Å². The van der Waals surface area contributed by atoms with Crippen LogP contribution in [0.25, 0.3) is 0 Å². The van der Waals surface area contributed by atoms with Crippen LogP contribution in [0.1, 0.15) is 11.1 Å². The maximum atomic E-state index is 12.5. The van der Waals surface area contributed by atoms with E-state index in [-0.39, 0.29) is 4.90 Å². The van der Waals surface area contributed by atoms with Crippen molar-refractivity contribution in [2.75, 3.05) is 4.72 Å². The van der Waals surface area contributed by atoms with E-state index in [2.05, 4.69) is 20.7 Å². The lowest BCUT2D eigenvalue weighted by atomic mass is 10.2. The zero-order valence-corrected chi connectivity index (χ0v) is 14.1. The molecule has 106 valence electrons. The summed E-state index contributed by atoms with van der Waals surface area (Å²) in [5.41, 5.74) is 2.00. The summed E-state index contributed by atoms with van der Waals surface area (Å²) >= 11 is 9.20. The molecule has 20 heavy (non-hydrogen) atoms. The Kier molecular flexibility index (Phi) is 4.42. The van der Waals surface area contributed by atoms with Gasteiger partial charge in [-0.2, -0.15) is 0 Å². The zero-order valence-electron chi connectivity index (χ0n) is 10.9. The van der Waals surface area contributed by atoms with Crippen molar-refractivity contribution in [1.29, 1.82) is 0 Å².